The zero-order valence-electron chi connectivity index (χ0n) is 21.0. The van der Waals surface area contributed by atoms with Gasteiger partial charge in [0.2, 0.25) is 0 Å². The maximum Gasteiger partial charge on any atom is 0.337 e. The van der Waals surface area contributed by atoms with Crippen LogP contribution < -0.4 is 5.32 Å². The first-order valence-corrected chi connectivity index (χ1v) is 12.5. The number of likely N-dealkylation sites (tertiary alicyclic amines) is 1. The van der Waals surface area contributed by atoms with Crippen LogP contribution in [-0.4, -0.2) is 40.2 Å². The van der Waals surface area contributed by atoms with Gasteiger partial charge in [0.15, 0.2) is 0 Å². The quantitative estimate of drug-likeness (QED) is 0.439. The number of benzene rings is 2. The number of piperidine rings is 1. The van der Waals surface area contributed by atoms with E-state index in [1.807, 2.05) is 18.4 Å². The lowest BCUT2D eigenvalue weighted by Crippen LogP contribution is -2.36. The van der Waals surface area contributed by atoms with Gasteiger partial charge in [-0.2, -0.15) is 0 Å². The van der Waals surface area contributed by atoms with Gasteiger partial charge in [0.1, 0.15) is 5.82 Å². The Bertz CT molecular complexity index is 1160. The molecular formula is C29H36FN3O2. The lowest BCUT2D eigenvalue weighted by atomic mass is 9.96. The van der Waals surface area contributed by atoms with Crippen molar-refractivity contribution in [3.8, 4) is 0 Å². The van der Waals surface area contributed by atoms with E-state index in [-0.39, 0.29) is 5.82 Å². The van der Waals surface area contributed by atoms with Crippen LogP contribution in [0.5, 0.6) is 0 Å². The Balaban J connectivity index is 1.34. The van der Waals surface area contributed by atoms with Gasteiger partial charge in [0, 0.05) is 35.6 Å². The highest BCUT2D eigenvalue weighted by Gasteiger charge is 2.24. The number of rotatable bonds is 9. The Hall–Kier alpha value is -2.96. The predicted octanol–water partition coefficient (Wildman–Crippen LogP) is 5.30. The van der Waals surface area contributed by atoms with E-state index in [4.69, 9.17) is 0 Å². The highest BCUT2D eigenvalue weighted by molar-refractivity contribution is 5.91. The van der Waals surface area contributed by atoms with Gasteiger partial charge in [-0.05, 0) is 70.8 Å². The molecule has 1 aliphatic rings. The third-order valence-electron chi connectivity index (χ3n) is 7.38. The largest absolute Gasteiger partial charge is 0.478 e. The molecule has 1 saturated heterocycles. The molecule has 1 aromatic heterocycles. The van der Waals surface area contributed by atoms with E-state index in [9.17, 15) is 14.3 Å². The maximum atomic E-state index is 14.2. The summed E-state index contributed by atoms with van der Waals surface area (Å²) in [5.41, 5.74) is 5.88. The number of aromatic nitrogens is 1. The minimum Gasteiger partial charge on any atom is -0.478 e. The van der Waals surface area contributed by atoms with E-state index in [2.05, 4.69) is 41.4 Å². The van der Waals surface area contributed by atoms with Crippen molar-refractivity contribution in [1.82, 2.24) is 14.8 Å². The molecule has 0 radical (unpaired) electrons. The minimum atomic E-state index is -0.931. The van der Waals surface area contributed by atoms with Crippen LogP contribution in [0.3, 0.4) is 0 Å². The summed E-state index contributed by atoms with van der Waals surface area (Å²) in [6, 6.07) is 15.4. The van der Waals surface area contributed by atoms with E-state index < -0.39 is 5.97 Å². The van der Waals surface area contributed by atoms with Crippen LogP contribution in [0.2, 0.25) is 0 Å². The summed E-state index contributed by atoms with van der Waals surface area (Å²) in [5, 5.41) is 13.4. The highest BCUT2D eigenvalue weighted by Crippen LogP contribution is 2.25. The molecule has 0 bridgehead atoms. The van der Waals surface area contributed by atoms with Crippen molar-refractivity contribution in [2.75, 3.05) is 19.6 Å². The lowest BCUT2D eigenvalue weighted by Gasteiger charge is -2.32. The number of hydrogen-bond donors (Lipinski definition) is 2. The first-order valence-electron chi connectivity index (χ1n) is 12.5. The van der Waals surface area contributed by atoms with E-state index in [1.54, 1.807) is 18.2 Å². The predicted molar refractivity (Wildman–Crippen MR) is 137 cm³/mol. The van der Waals surface area contributed by atoms with Crippen molar-refractivity contribution >= 4 is 5.97 Å². The average molecular weight is 478 g/mol. The summed E-state index contributed by atoms with van der Waals surface area (Å²) < 4.78 is 16.2. The van der Waals surface area contributed by atoms with E-state index in [0.29, 0.717) is 35.8 Å². The summed E-state index contributed by atoms with van der Waals surface area (Å²) in [7, 11) is 0. The molecule has 2 aromatic carbocycles. The molecule has 0 amide bonds. The van der Waals surface area contributed by atoms with E-state index in [0.717, 1.165) is 50.3 Å². The summed E-state index contributed by atoms with van der Waals surface area (Å²) in [6.07, 6.45) is 2.27. The Morgan fingerprint density at radius 2 is 1.69 bits per heavy atom. The molecule has 5 nitrogen and oxygen atoms in total. The van der Waals surface area contributed by atoms with Crippen molar-refractivity contribution in [3.63, 3.8) is 0 Å². The van der Waals surface area contributed by atoms with Crippen molar-refractivity contribution in [2.45, 2.75) is 53.2 Å². The summed E-state index contributed by atoms with van der Waals surface area (Å²) in [4.78, 5) is 14.6. The van der Waals surface area contributed by atoms with Crippen LogP contribution in [0.15, 0.2) is 48.5 Å². The number of halogens is 1. The number of aryl methyl sites for hydroxylation is 1. The third-order valence-corrected chi connectivity index (χ3v) is 7.38. The number of carbonyl (C=O) groups is 1. The molecule has 6 heteroatoms. The third kappa shape index (κ3) is 6.00. The second-order valence-electron chi connectivity index (χ2n) is 9.84. The molecule has 0 saturated carbocycles. The minimum absolute atomic E-state index is 0.273. The first-order chi connectivity index (χ1) is 16.8. The summed E-state index contributed by atoms with van der Waals surface area (Å²) >= 11 is 0. The molecule has 2 heterocycles. The van der Waals surface area contributed by atoms with Gasteiger partial charge in [-0.25, -0.2) is 9.18 Å². The number of hydrogen-bond acceptors (Lipinski definition) is 3. The van der Waals surface area contributed by atoms with Crippen molar-refractivity contribution < 1.29 is 14.3 Å². The number of aromatic carboxylic acids is 1. The monoisotopic (exact) mass is 477 g/mol. The molecule has 3 aromatic rings. The van der Waals surface area contributed by atoms with Crippen LogP contribution in [0.4, 0.5) is 4.39 Å². The molecule has 0 aliphatic carbocycles. The second kappa shape index (κ2) is 11.2. The van der Waals surface area contributed by atoms with Crippen LogP contribution in [0, 0.1) is 32.5 Å². The molecule has 1 aliphatic heterocycles. The van der Waals surface area contributed by atoms with Crippen LogP contribution in [-0.2, 0) is 19.6 Å². The number of carboxylic acid groups (broad SMARTS) is 1. The van der Waals surface area contributed by atoms with Gasteiger partial charge < -0.3 is 15.0 Å². The van der Waals surface area contributed by atoms with Crippen molar-refractivity contribution in [1.29, 1.82) is 0 Å². The van der Waals surface area contributed by atoms with Gasteiger partial charge >= 0.3 is 5.97 Å². The standard InChI is InChI=1S/C29H36FN3O2/c1-20-8-10-24(11-9-20)18-32-14-12-23(13-15-32)16-31-17-26-21(2)33(22(3)28(26)29(34)35)19-25-6-4-5-7-27(25)30/h4-11,23,31H,12-19H2,1-3H3,(H,34,35). The molecule has 2 N–H and O–H groups in total. The molecule has 4 rings (SSSR count). The molecule has 1 fully saturated rings. The molecule has 186 valence electrons. The Labute approximate surface area is 207 Å². The maximum absolute atomic E-state index is 14.2. The fraction of sp³-hybridized carbons (Fsp3) is 0.414. The number of nitrogens with zero attached hydrogens (tertiary/aromatic N) is 2. The summed E-state index contributed by atoms with van der Waals surface area (Å²) in [5.74, 6) is -0.621. The van der Waals surface area contributed by atoms with Gasteiger partial charge in [-0.1, -0.05) is 48.0 Å². The van der Waals surface area contributed by atoms with Crippen molar-refractivity contribution in [2.24, 2.45) is 5.92 Å². The van der Waals surface area contributed by atoms with Crippen LogP contribution in [0.1, 0.15) is 56.8 Å². The van der Waals surface area contributed by atoms with Gasteiger partial charge in [0.05, 0.1) is 12.1 Å². The molecule has 0 spiro atoms. The van der Waals surface area contributed by atoms with Gasteiger partial charge in [-0.15, -0.1) is 0 Å². The first kappa shape index (κ1) is 25.1. The fourth-order valence-corrected chi connectivity index (χ4v) is 5.18. The number of carboxylic acids is 1. The Morgan fingerprint density at radius 1 is 1.00 bits per heavy atom. The summed E-state index contributed by atoms with van der Waals surface area (Å²) in [6.45, 7) is 10.7. The SMILES string of the molecule is Cc1ccc(CN2CCC(CNCc3c(C(=O)O)c(C)n(Cc4ccccc4F)c3C)CC2)cc1. The van der Waals surface area contributed by atoms with Crippen LogP contribution >= 0.6 is 0 Å². The van der Waals surface area contributed by atoms with E-state index >= 15 is 0 Å². The van der Waals surface area contributed by atoms with Crippen molar-refractivity contribution in [3.05, 3.63) is 93.6 Å². The molecule has 0 unspecified atom stereocenters. The molecule has 35 heavy (non-hydrogen) atoms. The van der Waals surface area contributed by atoms with E-state index in [1.165, 1.54) is 17.2 Å². The lowest BCUT2D eigenvalue weighted by molar-refractivity contribution is 0.0694. The second-order valence-corrected chi connectivity index (χ2v) is 9.84. The van der Waals surface area contributed by atoms with Gasteiger partial charge in [-0.3, -0.25) is 4.90 Å². The Morgan fingerprint density at radius 3 is 2.34 bits per heavy atom. The van der Waals surface area contributed by atoms with Gasteiger partial charge in [0.25, 0.3) is 0 Å². The smallest absolute Gasteiger partial charge is 0.337 e. The fourth-order valence-electron chi connectivity index (χ4n) is 5.18. The average Bonchev–Trinajstić information content (AvgIpc) is 3.07. The zero-order valence-corrected chi connectivity index (χ0v) is 21.0. The normalized spacial score (nSPS) is 15.0. The highest BCUT2D eigenvalue weighted by atomic mass is 19.1. The topological polar surface area (TPSA) is 57.5 Å². The Kier molecular flexibility index (Phi) is 8.04. The molecule has 0 atom stereocenters. The number of nitrogens with one attached hydrogen (secondary N) is 1. The molecular weight excluding hydrogens is 441 g/mol. The zero-order chi connectivity index (χ0) is 24.9. The van der Waals surface area contributed by atoms with Crippen LogP contribution in [0.25, 0.3) is 0 Å².